The van der Waals surface area contributed by atoms with Crippen LogP contribution >= 0.6 is 0 Å². The number of unbranched alkanes of at least 4 members (excludes halogenated alkanes) is 2. The molecule has 4 atom stereocenters. The highest BCUT2D eigenvalue weighted by Crippen LogP contribution is 2.50. The van der Waals surface area contributed by atoms with Gasteiger partial charge in [0.1, 0.15) is 5.75 Å². The lowest BCUT2D eigenvalue weighted by Gasteiger charge is -2.43. The van der Waals surface area contributed by atoms with Crippen molar-refractivity contribution in [3.8, 4) is 5.75 Å². The lowest BCUT2D eigenvalue weighted by molar-refractivity contribution is -0.141. The van der Waals surface area contributed by atoms with E-state index in [1.54, 1.807) is 12.1 Å². The summed E-state index contributed by atoms with van der Waals surface area (Å²) >= 11 is 0. The summed E-state index contributed by atoms with van der Waals surface area (Å²) in [5, 5.41) is 39.8. The second-order valence-corrected chi connectivity index (χ2v) is 11.7. The number of allylic oxidation sites excluding steroid dienone is 1. The molecule has 5 rings (SSSR count). The second kappa shape index (κ2) is 13.7. The number of hydrogen-bond donors (Lipinski definition) is 4. The molecule has 2 fully saturated rings. The van der Waals surface area contributed by atoms with E-state index in [4.69, 9.17) is 9.76 Å². The van der Waals surface area contributed by atoms with Crippen molar-refractivity contribution in [3.63, 3.8) is 0 Å². The Morgan fingerprint density at radius 2 is 1.72 bits per heavy atom. The Morgan fingerprint density at radius 1 is 0.977 bits per heavy atom. The van der Waals surface area contributed by atoms with E-state index in [-0.39, 0.29) is 49.9 Å². The number of imide groups is 1. The predicted molar refractivity (Wildman–Crippen MR) is 161 cm³/mol. The van der Waals surface area contributed by atoms with Crippen LogP contribution in [0, 0.1) is 17.8 Å². The van der Waals surface area contributed by atoms with Gasteiger partial charge in [-0.05, 0) is 84.3 Å². The number of carbonyl (C=O) groups is 3. The van der Waals surface area contributed by atoms with Crippen LogP contribution in [-0.4, -0.2) is 69.4 Å². The highest BCUT2D eigenvalue weighted by atomic mass is 16.5. The zero-order chi connectivity index (χ0) is 30.5. The number of amides is 2. The summed E-state index contributed by atoms with van der Waals surface area (Å²) in [6, 6.07) is 16.9. The van der Waals surface area contributed by atoms with Gasteiger partial charge in [-0.25, -0.2) is 0 Å². The van der Waals surface area contributed by atoms with Gasteiger partial charge in [-0.2, -0.15) is 0 Å². The number of aromatic hydroxyl groups is 1. The fraction of sp³-hybridized carbons (Fsp3) is 0.424. The monoisotopic (exact) mass is 587 g/mol. The summed E-state index contributed by atoms with van der Waals surface area (Å²) < 4.78 is 6.06. The molecule has 2 aromatic rings. The number of aliphatic hydroxyl groups excluding tert-OH is 1. The number of rotatable bonds is 12. The number of aliphatic carboxylic acids is 1. The van der Waals surface area contributed by atoms with E-state index in [1.165, 1.54) is 4.90 Å². The van der Waals surface area contributed by atoms with Gasteiger partial charge >= 0.3 is 13.1 Å². The number of likely N-dealkylation sites (tertiary alicyclic amines) is 1. The van der Waals surface area contributed by atoms with Crippen molar-refractivity contribution in [3.05, 3.63) is 76.9 Å². The fourth-order valence-electron chi connectivity index (χ4n) is 6.93. The van der Waals surface area contributed by atoms with Gasteiger partial charge in [0.2, 0.25) is 11.8 Å². The van der Waals surface area contributed by atoms with Crippen LogP contribution in [0.3, 0.4) is 0 Å². The van der Waals surface area contributed by atoms with Crippen LogP contribution in [0.25, 0.3) is 11.6 Å². The molecule has 0 saturated carbocycles. The highest BCUT2D eigenvalue weighted by Gasteiger charge is 2.57. The molecule has 1 aliphatic carbocycles. The van der Waals surface area contributed by atoms with Gasteiger partial charge < -0.3 is 25.0 Å². The summed E-state index contributed by atoms with van der Waals surface area (Å²) in [6.07, 6.45) is 4.73. The lowest BCUT2D eigenvalue weighted by Crippen LogP contribution is -2.46. The topological polar surface area (TPSA) is 145 Å². The van der Waals surface area contributed by atoms with Gasteiger partial charge in [0, 0.05) is 13.0 Å². The molecule has 10 heteroatoms. The fourth-order valence-corrected chi connectivity index (χ4v) is 6.93. The van der Waals surface area contributed by atoms with E-state index >= 15 is 0 Å². The van der Waals surface area contributed by atoms with E-state index in [2.05, 4.69) is 6.08 Å². The normalized spacial score (nSPS) is 23.9. The number of carbonyl (C=O) groups excluding carboxylic acids is 2. The van der Waals surface area contributed by atoms with E-state index < -0.39 is 36.9 Å². The number of phenolic OH excluding ortho intramolecular Hbond substituents is 1. The molecule has 2 amide bonds. The van der Waals surface area contributed by atoms with Gasteiger partial charge in [0.05, 0.1) is 24.5 Å². The Bertz CT molecular complexity index is 1390. The zero-order valence-electron chi connectivity index (χ0n) is 24.1. The average molecular weight is 587 g/mol. The predicted octanol–water partition coefficient (Wildman–Crippen LogP) is 4.15. The molecule has 0 bridgehead atoms. The number of carboxylic acids is 1. The Balaban J connectivity index is 1.36. The molecule has 2 aromatic carbocycles. The largest absolute Gasteiger partial charge is 0.508 e. The van der Waals surface area contributed by atoms with Crippen LogP contribution in [0.1, 0.15) is 56.1 Å². The van der Waals surface area contributed by atoms with Crippen molar-refractivity contribution in [2.75, 3.05) is 13.2 Å². The Labute approximate surface area is 251 Å². The van der Waals surface area contributed by atoms with Crippen molar-refractivity contribution in [1.82, 2.24) is 4.90 Å². The Kier molecular flexibility index (Phi) is 9.80. The molecule has 0 radical (unpaired) electrons. The minimum atomic E-state index is -1.10. The third-order valence-electron chi connectivity index (χ3n) is 8.92. The van der Waals surface area contributed by atoms with E-state index in [0.29, 0.717) is 37.7 Å². The molecular formula is C33H38BNO8. The highest BCUT2D eigenvalue weighted by molar-refractivity contribution is 6.43. The molecule has 4 N–H and O–H groups in total. The summed E-state index contributed by atoms with van der Waals surface area (Å²) in [4.78, 5) is 39.1. The minimum Gasteiger partial charge on any atom is -0.508 e. The molecule has 0 spiro atoms. The van der Waals surface area contributed by atoms with Gasteiger partial charge in [0.25, 0.3) is 0 Å². The van der Waals surface area contributed by atoms with Crippen molar-refractivity contribution in [2.45, 2.75) is 57.4 Å². The molecule has 226 valence electrons. The van der Waals surface area contributed by atoms with Crippen LogP contribution < -0.4 is 0 Å². The van der Waals surface area contributed by atoms with Gasteiger partial charge in [0.15, 0.2) is 0 Å². The number of carboxylic acid groups (broad SMARTS) is 1. The summed E-state index contributed by atoms with van der Waals surface area (Å²) in [5.74, 6) is -2.79. The quantitative estimate of drug-likeness (QED) is 0.0954. The van der Waals surface area contributed by atoms with Crippen molar-refractivity contribution in [1.29, 1.82) is 0 Å². The number of benzene rings is 2. The van der Waals surface area contributed by atoms with Gasteiger partial charge in [-0.1, -0.05) is 55.0 Å². The van der Waals surface area contributed by atoms with Crippen molar-refractivity contribution in [2.24, 2.45) is 17.8 Å². The summed E-state index contributed by atoms with van der Waals surface area (Å²) in [6.45, 7) is -0.0116. The van der Waals surface area contributed by atoms with Crippen LogP contribution in [0.15, 0.2) is 65.7 Å². The smallest absolute Gasteiger partial charge is 0.455 e. The Morgan fingerprint density at radius 3 is 2.42 bits per heavy atom. The summed E-state index contributed by atoms with van der Waals surface area (Å²) in [7, 11) is -1.10. The van der Waals surface area contributed by atoms with Crippen LogP contribution in [0.2, 0.25) is 6.32 Å². The molecule has 0 unspecified atom stereocenters. The molecule has 2 aliphatic heterocycles. The third kappa shape index (κ3) is 6.93. The number of nitrogens with zero attached hydrogens (tertiary/aromatic N) is 1. The second-order valence-electron chi connectivity index (χ2n) is 11.7. The minimum absolute atomic E-state index is 0.0533. The molecule has 9 nitrogen and oxygen atoms in total. The molecular weight excluding hydrogens is 549 g/mol. The maximum absolute atomic E-state index is 13.6. The van der Waals surface area contributed by atoms with Gasteiger partial charge in [-0.15, -0.1) is 0 Å². The molecule has 2 heterocycles. The molecule has 2 saturated heterocycles. The number of fused-ring (bicyclic) bond motifs is 3. The SMILES string of the molecule is O=C(O)CCCCCN1C(=O)[C@@H]2[C@@H](CC(CO)=C3[C@@H](CC/C(=C/c4ccc(O)cc4)c4ccccc4)OB(O)C[C@@H]32)C1=O. The standard InChI is InChI=1S/C33H38BNO8/c36-20-24-18-26-31(33(41)35(32(26)40)16-6-2-5-9-29(38)39)27-19-34(42)43-28(30(24)27)15-12-23(22-7-3-1-4-8-22)17-21-10-13-25(37)14-11-21/h1,3-4,7-8,10-11,13-14,17,26-28,31,36-37,42H,2,5-6,9,12,15-16,18-20H2,(H,38,39)/b23-17-/t26-,27+,28-,31-/m1/s1. The molecule has 43 heavy (non-hydrogen) atoms. The van der Waals surface area contributed by atoms with Crippen molar-refractivity contribution >= 4 is 36.6 Å². The van der Waals surface area contributed by atoms with Crippen LogP contribution in [0.4, 0.5) is 0 Å². The first-order chi connectivity index (χ1) is 20.8. The van der Waals surface area contributed by atoms with E-state index in [9.17, 15) is 29.6 Å². The van der Waals surface area contributed by atoms with Crippen LogP contribution in [-0.2, 0) is 19.0 Å². The maximum atomic E-state index is 13.6. The molecule has 3 aliphatic rings. The van der Waals surface area contributed by atoms with E-state index in [1.807, 2.05) is 42.5 Å². The van der Waals surface area contributed by atoms with Gasteiger partial charge in [-0.3, -0.25) is 19.3 Å². The van der Waals surface area contributed by atoms with E-state index in [0.717, 1.165) is 22.3 Å². The number of aliphatic hydroxyl groups is 1. The first-order valence-electron chi connectivity index (χ1n) is 15.0. The number of hydrogen-bond acceptors (Lipinski definition) is 7. The maximum Gasteiger partial charge on any atom is 0.455 e. The van der Waals surface area contributed by atoms with Crippen LogP contribution in [0.5, 0.6) is 5.75 Å². The summed E-state index contributed by atoms with van der Waals surface area (Å²) in [5.41, 5.74) is 4.52. The molecule has 0 aromatic heterocycles. The first kappa shape index (κ1) is 30.7. The third-order valence-corrected chi connectivity index (χ3v) is 8.92. The number of phenols is 1. The first-order valence-corrected chi connectivity index (χ1v) is 15.0. The average Bonchev–Trinajstić information content (AvgIpc) is 3.24. The zero-order valence-corrected chi connectivity index (χ0v) is 24.1. The Hall–Kier alpha value is -3.73. The lowest BCUT2D eigenvalue weighted by atomic mass is 9.58. The van der Waals surface area contributed by atoms with Crippen molar-refractivity contribution < 1.29 is 39.4 Å².